The number of nitriles is 1. The predicted molar refractivity (Wildman–Crippen MR) is 73.1 cm³/mol. The van der Waals surface area contributed by atoms with Crippen LogP contribution in [0.1, 0.15) is 21.6 Å². The summed E-state index contributed by atoms with van der Waals surface area (Å²) in [5, 5.41) is 11.5. The Morgan fingerprint density at radius 3 is 3.00 bits per heavy atom. The molecule has 0 saturated carbocycles. The summed E-state index contributed by atoms with van der Waals surface area (Å²) >= 11 is 0. The molecule has 2 aromatic rings. The molecule has 0 atom stereocenters. The van der Waals surface area contributed by atoms with E-state index in [0.29, 0.717) is 12.1 Å². The van der Waals surface area contributed by atoms with Crippen molar-refractivity contribution in [2.45, 2.75) is 6.54 Å². The molecule has 5 heteroatoms. The molecule has 0 aliphatic heterocycles. The van der Waals surface area contributed by atoms with Crippen LogP contribution in [0.5, 0.6) is 5.75 Å². The molecule has 100 valence electrons. The highest BCUT2D eigenvalue weighted by Crippen LogP contribution is 2.12. The Labute approximate surface area is 116 Å². The molecule has 0 fully saturated rings. The molecule has 0 aliphatic rings. The van der Waals surface area contributed by atoms with E-state index in [9.17, 15) is 4.79 Å². The molecule has 1 amide bonds. The highest BCUT2D eigenvalue weighted by molar-refractivity contribution is 5.92. The number of aromatic nitrogens is 1. The number of pyridine rings is 1. The number of hydrogen-bond acceptors (Lipinski definition) is 4. The summed E-state index contributed by atoms with van der Waals surface area (Å²) in [6, 6.07) is 12.4. The summed E-state index contributed by atoms with van der Waals surface area (Å²) in [5.74, 6) is 0.422. The number of carbonyl (C=O) groups is 1. The minimum absolute atomic E-state index is 0.229. The SMILES string of the molecule is COc1cccc(CNC(=O)c2cc(C#N)ccn2)c1. The zero-order valence-electron chi connectivity index (χ0n) is 11.0. The second-order valence-corrected chi connectivity index (χ2v) is 4.08. The monoisotopic (exact) mass is 267 g/mol. The Morgan fingerprint density at radius 2 is 2.25 bits per heavy atom. The Morgan fingerprint density at radius 1 is 1.40 bits per heavy atom. The first-order valence-corrected chi connectivity index (χ1v) is 6.00. The number of hydrogen-bond donors (Lipinski definition) is 1. The second kappa shape index (κ2) is 6.34. The lowest BCUT2D eigenvalue weighted by atomic mass is 10.2. The highest BCUT2D eigenvalue weighted by atomic mass is 16.5. The molecule has 0 radical (unpaired) electrons. The maximum atomic E-state index is 11.9. The van der Waals surface area contributed by atoms with Gasteiger partial charge in [0, 0.05) is 12.7 Å². The van der Waals surface area contributed by atoms with Crippen LogP contribution in [0.15, 0.2) is 42.6 Å². The number of ether oxygens (including phenoxy) is 1. The van der Waals surface area contributed by atoms with Gasteiger partial charge in [-0.1, -0.05) is 12.1 Å². The van der Waals surface area contributed by atoms with E-state index < -0.39 is 0 Å². The number of carbonyl (C=O) groups excluding carboxylic acids is 1. The van der Waals surface area contributed by atoms with E-state index in [1.807, 2.05) is 30.3 Å². The van der Waals surface area contributed by atoms with E-state index in [0.717, 1.165) is 11.3 Å². The normalized spacial score (nSPS) is 9.60. The Bertz CT molecular complexity index is 662. The first-order valence-electron chi connectivity index (χ1n) is 6.00. The smallest absolute Gasteiger partial charge is 0.270 e. The van der Waals surface area contributed by atoms with Crippen molar-refractivity contribution in [3.05, 3.63) is 59.4 Å². The van der Waals surface area contributed by atoms with Gasteiger partial charge in [0.15, 0.2) is 0 Å². The summed E-state index contributed by atoms with van der Waals surface area (Å²) in [5.41, 5.74) is 1.56. The van der Waals surface area contributed by atoms with Crippen molar-refractivity contribution >= 4 is 5.91 Å². The lowest BCUT2D eigenvalue weighted by Gasteiger charge is -2.06. The molecule has 1 aromatic carbocycles. The Hall–Kier alpha value is -2.87. The summed E-state index contributed by atoms with van der Waals surface area (Å²) < 4.78 is 5.12. The van der Waals surface area contributed by atoms with Crippen molar-refractivity contribution in [3.8, 4) is 11.8 Å². The summed E-state index contributed by atoms with van der Waals surface area (Å²) in [4.78, 5) is 15.9. The third-order valence-electron chi connectivity index (χ3n) is 2.71. The molecule has 0 spiro atoms. The van der Waals surface area contributed by atoms with Crippen molar-refractivity contribution in [3.63, 3.8) is 0 Å². The fourth-order valence-electron chi connectivity index (χ4n) is 1.68. The molecule has 20 heavy (non-hydrogen) atoms. The van der Waals surface area contributed by atoms with Crippen LogP contribution in [-0.2, 0) is 6.54 Å². The van der Waals surface area contributed by atoms with Crippen LogP contribution in [0.3, 0.4) is 0 Å². The number of methoxy groups -OCH3 is 1. The fraction of sp³-hybridized carbons (Fsp3) is 0.133. The van der Waals surface area contributed by atoms with Gasteiger partial charge in [0.2, 0.25) is 0 Å². The van der Waals surface area contributed by atoms with Crippen molar-refractivity contribution in [1.82, 2.24) is 10.3 Å². The third-order valence-corrected chi connectivity index (χ3v) is 2.71. The maximum absolute atomic E-state index is 11.9. The van der Waals surface area contributed by atoms with Crippen LogP contribution in [0, 0.1) is 11.3 Å². The summed E-state index contributed by atoms with van der Waals surface area (Å²) in [7, 11) is 1.59. The van der Waals surface area contributed by atoms with Crippen molar-refractivity contribution < 1.29 is 9.53 Å². The topological polar surface area (TPSA) is 75.0 Å². The quantitative estimate of drug-likeness (QED) is 0.917. The Kier molecular flexibility index (Phi) is 4.30. The molecule has 0 bridgehead atoms. The van der Waals surface area contributed by atoms with E-state index in [-0.39, 0.29) is 11.6 Å². The van der Waals surface area contributed by atoms with Gasteiger partial charge >= 0.3 is 0 Å². The third kappa shape index (κ3) is 3.33. The van der Waals surface area contributed by atoms with Gasteiger partial charge < -0.3 is 10.1 Å². The van der Waals surface area contributed by atoms with E-state index in [4.69, 9.17) is 10.00 Å². The fourth-order valence-corrected chi connectivity index (χ4v) is 1.68. The number of nitrogens with one attached hydrogen (secondary N) is 1. The molecule has 1 aromatic heterocycles. The van der Waals surface area contributed by atoms with Gasteiger partial charge in [-0.15, -0.1) is 0 Å². The zero-order valence-corrected chi connectivity index (χ0v) is 11.0. The minimum atomic E-state index is -0.315. The van der Waals surface area contributed by atoms with Gasteiger partial charge in [-0.3, -0.25) is 9.78 Å². The molecule has 2 rings (SSSR count). The molecule has 0 unspecified atom stereocenters. The molecular formula is C15H13N3O2. The lowest BCUT2D eigenvalue weighted by Crippen LogP contribution is -2.23. The van der Waals surface area contributed by atoms with Crippen LogP contribution >= 0.6 is 0 Å². The predicted octanol–water partition coefficient (Wildman–Crippen LogP) is 1.89. The zero-order chi connectivity index (χ0) is 14.4. The molecule has 1 N–H and O–H groups in total. The van der Waals surface area contributed by atoms with Crippen LogP contribution < -0.4 is 10.1 Å². The number of nitrogens with zero attached hydrogens (tertiary/aromatic N) is 2. The molecular weight excluding hydrogens is 254 g/mol. The average molecular weight is 267 g/mol. The van der Waals surface area contributed by atoms with Crippen molar-refractivity contribution in [2.24, 2.45) is 0 Å². The van der Waals surface area contributed by atoms with E-state index in [1.165, 1.54) is 12.3 Å². The largest absolute Gasteiger partial charge is 0.497 e. The second-order valence-electron chi connectivity index (χ2n) is 4.08. The molecule has 0 saturated heterocycles. The van der Waals surface area contributed by atoms with Gasteiger partial charge in [-0.25, -0.2) is 0 Å². The maximum Gasteiger partial charge on any atom is 0.270 e. The molecule has 1 heterocycles. The molecule has 0 aliphatic carbocycles. The van der Waals surface area contributed by atoms with Crippen molar-refractivity contribution in [1.29, 1.82) is 5.26 Å². The van der Waals surface area contributed by atoms with Crippen LogP contribution in [0.2, 0.25) is 0 Å². The van der Waals surface area contributed by atoms with Crippen LogP contribution in [-0.4, -0.2) is 18.0 Å². The first-order chi connectivity index (χ1) is 9.72. The van der Waals surface area contributed by atoms with E-state index >= 15 is 0 Å². The van der Waals surface area contributed by atoms with Gasteiger partial charge in [0.25, 0.3) is 5.91 Å². The number of amides is 1. The van der Waals surface area contributed by atoms with Crippen LogP contribution in [0.4, 0.5) is 0 Å². The number of rotatable bonds is 4. The van der Waals surface area contributed by atoms with E-state index in [1.54, 1.807) is 13.2 Å². The standard InChI is InChI=1S/C15H13N3O2/c1-20-13-4-2-3-12(7-13)10-18-15(19)14-8-11(9-16)5-6-17-14/h2-8H,10H2,1H3,(H,18,19). The van der Waals surface area contributed by atoms with E-state index in [2.05, 4.69) is 10.3 Å². The Balaban J connectivity index is 2.03. The van der Waals surface area contributed by atoms with Crippen LogP contribution in [0.25, 0.3) is 0 Å². The summed E-state index contributed by atoms with van der Waals surface area (Å²) in [6.45, 7) is 0.370. The summed E-state index contributed by atoms with van der Waals surface area (Å²) in [6.07, 6.45) is 1.44. The number of benzene rings is 1. The molecule has 5 nitrogen and oxygen atoms in total. The van der Waals surface area contributed by atoms with Gasteiger partial charge in [0.05, 0.1) is 18.7 Å². The van der Waals surface area contributed by atoms with Crippen molar-refractivity contribution in [2.75, 3.05) is 7.11 Å². The lowest BCUT2D eigenvalue weighted by molar-refractivity contribution is 0.0946. The van der Waals surface area contributed by atoms with Gasteiger partial charge in [-0.05, 0) is 29.8 Å². The first kappa shape index (κ1) is 13.6. The average Bonchev–Trinajstić information content (AvgIpc) is 2.52. The minimum Gasteiger partial charge on any atom is -0.497 e. The highest BCUT2D eigenvalue weighted by Gasteiger charge is 2.07. The van der Waals surface area contributed by atoms with Gasteiger partial charge in [0.1, 0.15) is 11.4 Å². The van der Waals surface area contributed by atoms with Gasteiger partial charge in [-0.2, -0.15) is 5.26 Å².